The molecule has 2 heterocycles. The number of aromatic nitrogens is 3. The van der Waals surface area contributed by atoms with E-state index < -0.39 is 0 Å². The van der Waals surface area contributed by atoms with Gasteiger partial charge in [-0.2, -0.15) is 5.10 Å². The predicted molar refractivity (Wildman–Crippen MR) is 65.7 cm³/mol. The number of nitrogens with one attached hydrogen (secondary N) is 1. The molecule has 1 atom stereocenters. The first-order valence-electron chi connectivity index (χ1n) is 5.05. The van der Waals surface area contributed by atoms with Gasteiger partial charge in [-0.3, -0.25) is 4.68 Å². The molecule has 16 heavy (non-hydrogen) atoms. The van der Waals surface area contributed by atoms with Crippen molar-refractivity contribution in [3.63, 3.8) is 0 Å². The van der Waals surface area contributed by atoms with E-state index in [9.17, 15) is 0 Å². The fourth-order valence-electron chi connectivity index (χ4n) is 1.38. The Kier molecular flexibility index (Phi) is 3.93. The summed E-state index contributed by atoms with van der Waals surface area (Å²) in [4.78, 5) is 4.19. The number of hydrogen-bond donors (Lipinski definition) is 1. The quantitative estimate of drug-likeness (QED) is 0.892. The van der Waals surface area contributed by atoms with Gasteiger partial charge in [0.15, 0.2) is 0 Å². The van der Waals surface area contributed by atoms with Crippen LogP contribution in [0.4, 0.5) is 0 Å². The van der Waals surface area contributed by atoms with Gasteiger partial charge >= 0.3 is 0 Å². The molecule has 0 radical (unpaired) electrons. The molecular weight excluding hydrogens is 244 g/mol. The minimum Gasteiger partial charge on any atom is -0.306 e. The van der Waals surface area contributed by atoms with Crippen molar-refractivity contribution in [1.82, 2.24) is 20.1 Å². The lowest BCUT2D eigenvalue weighted by Gasteiger charge is -2.12. The molecule has 0 aliphatic rings. The Morgan fingerprint density at radius 2 is 2.50 bits per heavy atom. The van der Waals surface area contributed by atoms with Crippen LogP contribution >= 0.6 is 22.9 Å². The van der Waals surface area contributed by atoms with Gasteiger partial charge in [0.25, 0.3) is 0 Å². The first-order chi connectivity index (χ1) is 7.74. The Hall–Kier alpha value is -0.910. The van der Waals surface area contributed by atoms with Crippen molar-refractivity contribution in [3.05, 3.63) is 34.0 Å². The molecular formula is C10H13ClN4S. The lowest BCUT2D eigenvalue weighted by molar-refractivity contribution is 0.450. The maximum absolute atomic E-state index is 5.80. The number of halogens is 1. The van der Waals surface area contributed by atoms with Gasteiger partial charge in [0, 0.05) is 25.0 Å². The van der Waals surface area contributed by atoms with E-state index in [1.165, 1.54) is 11.3 Å². The Bertz CT molecular complexity index is 426. The van der Waals surface area contributed by atoms with Gasteiger partial charge in [-0.1, -0.05) is 11.6 Å². The van der Waals surface area contributed by atoms with E-state index in [2.05, 4.69) is 22.3 Å². The Labute approximate surface area is 103 Å². The monoisotopic (exact) mass is 256 g/mol. The second-order valence-corrected chi connectivity index (χ2v) is 5.31. The summed E-state index contributed by atoms with van der Waals surface area (Å²) in [7, 11) is 0. The van der Waals surface area contributed by atoms with Crippen molar-refractivity contribution >= 4 is 22.9 Å². The average molecular weight is 257 g/mol. The van der Waals surface area contributed by atoms with Crippen LogP contribution in [-0.2, 0) is 13.1 Å². The highest BCUT2D eigenvalue weighted by Gasteiger charge is 2.04. The Morgan fingerprint density at radius 3 is 3.12 bits per heavy atom. The zero-order valence-electron chi connectivity index (χ0n) is 8.93. The minimum atomic E-state index is 0.350. The van der Waals surface area contributed by atoms with Crippen LogP contribution in [0.5, 0.6) is 0 Å². The molecule has 86 valence electrons. The topological polar surface area (TPSA) is 42.7 Å². The summed E-state index contributed by atoms with van der Waals surface area (Å²) < 4.78 is 2.64. The summed E-state index contributed by atoms with van der Waals surface area (Å²) in [6.45, 7) is 3.73. The third-order valence-electron chi connectivity index (χ3n) is 2.15. The fourth-order valence-corrected chi connectivity index (χ4v) is 2.29. The van der Waals surface area contributed by atoms with Crippen LogP contribution in [-0.4, -0.2) is 20.8 Å². The molecule has 0 spiro atoms. The zero-order chi connectivity index (χ0) is 11.4. The van der Waals surface area contributed by atoms with Gasteiger partial charge in [0.2, 0.25) is 0 Å². The normalized spacial score (nSPS) is 12.9. The molecule has 2 aromatic rings. The van der Waals surface area contributed by atoms with Crippen LogP contribution in [0.25, 0.3) is 0 Å². The molecule has 0 aromatic carbocycles. The van der Waals surface area contributed by atoms with Crippen LogP contribution < -0.4 is 5.32 Å². The van der Waals surface area contributed by atoms with Crippen molar-refractivity contribution in [2.45, 2.75) is 26.1 Å². The molecule has 0 saturated heterocycles. The van der Waals surface area contributed by atoms with Gasteiger partial charge in [-0.05, 0) is 13.0 Å². The molecule has 0 bridgehead atoms. The van der Waals surface area contributed by atoms with Crippen LogP contribution in [0.2, 0.25) is 4.34 Å². The van der Waals surface area contributed by atoms with E-state index >= 15 is 0 Å². The van der Waals surface area contributed by atoms with Crippen LogP contribution in [0.1, 0.15) is 11.9 Å². The molecule has 4 nitrogen and oxygen atoms in total. The van der Waals surface area contributed by atoms with Crippen molar-refractivity contribution in [2.75, 3.05) is 0 Å². The lowest BCUT2D eigenvalue weighted by Crippen LogP contribution is -2.30. The highest BCUT2D eigenvalue weighted by Crippen LogP contribution is 2.17. The molecule has 0 saturated carbocycles. The highest BCUT2D eigenvalue weighted by molar-refractivity contribution is 7.15. The average Bonchev–Trinajstić information content (AvgIpc) is 2.87. The molecule has 0 amide bonds. The first kappa shape index (κ1) is 11.6. The van der Waals surface area contributed by atoms with Gasteiger partial charge in [-0.15, -0.1) is 11.3 Å². The molecule has 6 heteroatoms. The number of rotatable bonds is 5. The molecule has 0 aliphatic heterocycles. The smallest absolute Gasteiger partial charge is 0.113 e. The second-order valence-electron chi connectivity index (χ2n) is 3.57. The summed E-state index contributed by atoms with van der Waals surface area (Å²) in [5.74, 6) is 0. The summed E-state index contributed by atoms with van der Waals surface area (Å²) >= 11 is 7.31. The van der Waals surface area contributed by atoms with E-state index in [0.29, 0.717) is 6.04 Å². The molecule has 2 rings (SSSR count). The highest BCUT2D eigenvalue weighted by atomic mass is 35.5. The number of hydrogen-bond acceptors (Lipinski definition) is 4. The Balaban J connectivity index is 1.77. The summed E-state index contributed by atoms with van der Waals surface area (Å²) in [5, 5.41) is 8.55. The zero-order valence-corrected chi connectivity index (χ0v) is 10.5. The van der Waals surface area contributed by atoms with Gasteiger partial charge in [0.05, 0.1) is 12.7 Å². The summed E-state index contributed by atoms with van der Waals surface area (Å²) in [6, 6.07) is 2.27. The predicted octanol–water partition coefficient (Wildman–Crippen LogP) is 2.17. The number of thiazole rings is 1. The van der Waals surface area contributed by atoms with Crippen molar-refractivity contribution < 1.29 is 0 Å². The van der Waals surface area contributed by atoms with Crippen LogP contribution in [0.3, 0.4) is 0 Å². The van der Waals surface area contributed by atoms with E-state index in [1.54, 1.807) is 12.4 Å². The largest absolute Gasteiger partial charge is 0.306 e. The van der Waals surface area contributed by atoms with E-state index in [4.69, 9.17) is 11.6 Å². The maximum atomic E-state index is 5.80. The molecule has 0 fully saturated rings. The molecule has 0 aliphatic carbocycles. The maximum Gasteiger partial charge on any atom is 0.113 e. The fraction of sp³-hybridized carbons (Fsp3) is 0.400. The van der Waals surface area contributed by atoms with Crippen molar-refractivity contribution in [1.29, 1.82) is 0 Å². The molecule has 1 unspecified atom stereocenters. The first-order valence-corrected chi connectivity index (χ1v) is 6.24. The molecule has 2 aromatic heterocycles. The summed E-state index contributed by atoms with van der Waals surface area (Å²) in [6.07, 6.45) is 5.42. The third kappa shape index (κ3) is 3.30. The lowest BCUT2D eigenvalue weighted by atomic mass is 10.3. The SMILES string of the molecule is CC(Cn1cccn1)NCc1ncc(Cl)s1. The van der Waals surface area contributed by atoms with Gasteiger partial charge in [-0.25, -0.2) is 4.98 Å². The van der Waals surface area contributed by atoms with Crippen LogP contribution in [0, 0.1) is 0 Å². The van der Waals surface area contributed by atoms with Gasteiger partial charge < -0.3 is 5.32 Å². The van der Waals surface area contributed by atoms with E-state index in [0.717, 1.165) is 22.4 Å². The third-order valence-corrected chi connectivity index (χ3v) is 3.26. The van der Waals surface area contributed by atoms with Gasteiger partial charge in [0.1, 0.15) is 9.34 Å². The van der Waals surface area contributed by atoms with Crippen molar-refractivity contribution in [3.8, 4) is 0 Å². The molecule has 1 N–H and O–H groups in total. The Morgan fingerprint density at radius 1 is 1.62 bits per heavy atom. The van der Waals surface area contributed by atoms with E-state index in [-0.39, 0.29) is 0 Å². The number of nitrogens with zero attached hydrogens (tertiary/aromatic N) is 3. The van der Waals surface area contributed by atoms with Crippen molar-refractivity contribution in [2.24, 2.45) is 0 Å². The summed E-state index contributed by atoms with van der Waals surface area (Å²) in [5.41, 5.74) is 0. The van der Waals surface area contributed by atoms with Crippen LogP contribution in [0.15, 0.2) is 24.7 Å². The minimum absolute atomic E-state index is 0.350. The standard InChI is InChI=1S/C10H13ClN4S/c1-8(7-15-4-2-3-14-15)12-6-10-13-5-9(11)16-10/h2-5,8,12H,6-7H2,1H3. The van der Waals surface area contributed by atoms with E-state index in [1.807, 2.05) is 16.9 Å². The second kappa shape index (κ2) is 5.43.